The summed E-state index contributed by atoms with van der Waals surface area (Å²) in [6.07, 6.45) is 7.92. The van der Waals surface area contributed by atoms with Gasteiger partial charge in [0.1, 0.15) is 0 Å². The van der Waals surface area contributed by atoms with E-state index in [1.165, 1.54) is 24.8 Å². The molecule has 2 heterocycles. The predicted molar refractivity (Wildman–Crippen MR) is 74.5 cm³/mol. The Hall–Kier alpha value is -1.20. The molecule has 1 aliphatic heterocycles. The molecule has 0 aromatic carbocycles. The Balaban J connectivity index is 1.57. The summed E-state index contributed by atoms with van der Waals surface area (Å²) in [5.41, 5.74) is 1.29. The highest BCUT2D eigenvalue weighted by Gasteiger charge is 2.21. The molecule has 0 spiro atoms. The normalized spacial score (nSPS) is 23.9. The van der Waals surface area contributed by atoms with Gasteiger partial charge in [-0.25, -0.2) is 9.97 Å². The summed E-state index contributed by atoms with van der Waals surface area (Å²) < 4.78 is 5.46. The number of likely N-dealkylation sites (N-methyl/N-ethyl adjacent to an activating group) is 1. The number of anilines is 1. The van der Waals surface area contributed by atoms with Crippen LogP contribution in [-0.4, -0.2) is 49.4 Å². The highest BCUT2D eigenvalue weighted by Crippen LogP contribution is 2.35. The second-order valence-electron chi connectivity index (χ2n) is 5.55. The van der Waals surface area contributed by atoms with Crippen molar-refractivity contribution in [3.63, 3.8) is 0 Å². The van der Waals surface area contributed by atoms with E-state index in [2.05, 4.69) is 20.2 Å². The van der Waals surface area contributed by atoms with Gasteiger partial charge in [0.25, 0.3) is 0 Å². The third-order valence-electron chi connectivity index (χ3n) is 4.07. The van der Waals surface area contributed by atoms with Gasteiger partial charge in [-0.2, -0.15) is 0 Å². The van der Waals surface area contributed by atoms with Crippen LogP contribution in [-0.2, 0) is 4.74 Å². The Morgan fingerprint density at radius 3 is 2.74 bits per heavy atom. The first-order valence-corrected chi connectivity index (χ1v) is 7.17. The molecule has 1 aromatic heterocycles. The molecule has 1 saturated heterocycles. The van der Waals surface area contributed by atoms with E-state index in [4.69, 9.17) is 4.74 Å². The van der Waals surface area contributed by atoms with Crippen LogP contribution in [0.3, 0.4) is 0 Å². The molecule has 1 aromatic rings. The van der Waals surface area contributed by atoms with Crippen LogP contribution in [0.4, 0.5) is 5.95 Å². The molecule has 0 radical (unpaired) electrons. The van der Waals surface area contributed by atoms with E-state index in [9.17, 15) is 0 Å². The molecule has 104 valence electrons. The summed E-state index contributed by atoms with van der Waals surface area (Å²) >= 11 is 0. The van der Waals surface area contributed by atoms with Crippen molar-refractivity contribution in [1.82, 2.24) is 15.3 Å². The molecular weight excluding hydrogens is 240 g/mol. The van der Waals surface area contributed by atoms with Crippen LogP contribution in [0.25, 0.3) is 0 Å². The standard InChI is InChI=1S/C14H22N4O/c1-18(9-13-10-19-6-5-15-13)14-16-7-12(8-17-14)11-3-2-4-11/h7-8,11,13,15H,2-6,9-10H2,1H3. The van der Waals surface area contributed by atoms with Crippen LogP contribution in [0, 0.1) is 0 Å². The molecule has 1 saturated carbocycles. The first-order chi connectivity index (χ1) is 9.33. The van der Waals surface area contributed by atoms with Gasteiger partial charge in [-0.05, 0) is 24.3 Å². The summed E-state index contributed by atoms with van der Waals surface area (Å²) in [6.45, 7) is 3.39. The topological polar surface area (TPSA) is 50.3 Å². The fourth-order valence-electron chi connectivity index (χ4n) is 2.63. The van der Waals surface area contributed by atoms with Gasteiger partial charge in [0, 0.05) is 38.6 Å². The van der Waals surface area contributed by atoms with Gasteiger partial charge in [0.05, 0.1) is 13.2 Å². The maximum atomic E-state index is 5.46. The van der Waals surface area contributed by atoms with Crippen molar-refractivity contribution in [2.75, 3.05) is 38.3 Å². The molecule has 1 N–H and O–H groups in total. The molecule has 1 unspecified atom stereocenters. The van der Waals surface area contributed by atoms with Gasteiger partial charge >= 0.3 is 0 Å². The van der Waals surface area contributed by atoms with E-state index in [0.29, 0.717) is 12.0 Å². The smallest absolute Gasteiger partial charge is 0.225 e. The Kier molecular flexibility index (Phi) is 3.94. The zero-order valence-corrected chi connectivity index (χ0v) is 11.5. The van der Waals surface area contributed by atoms with Crippen LogP contribution in [0.15, 0.2) is 12.4 Å². The number of morpholine rings is 1. The Bertz CT molecular complexity index is 398. The third-order valence-corrected chi connectivity index (χ3v) is 4.07. The summed E-state index contributed by atoms with van der Waals surface area (Å²) in [6, 6.07) is 0.369. The number of nitrogens with one attached hydrogen (secondary N) is 1. The second kappa shape index (κ2) is 5.84. The molecule has 0 bridgehead atoms. The van der Waals surface area contributed by atoms with Crippen LogP contribution >= 0.6 is 0 Å². The second-order valence-corrected chi connectivity index (χ2v) is 5.55. The predicted octanol–water partition coefficient (Wildman–Crippen LogP) is 1.17. The maximum Gasteiger partial charge on any atom is 0.225 e. The van der Waals surface area contributed by atoms with Gasteiger partial charge in [0.15, 0.2) is 0 Å². The lowest BCUT2D eigenvalue weighted by Crippen LogP contribution is -2.48. The average Bonchev–Trinajstić information content (AvgIpc) is 2.39. The van der Waals surface area contributed by atoms with Crippen molar-refractivity contribution in [3.8, 4) is 0 Å². The highest BCUT2D eigenvalue weighted by atomic mass is 16.5. The van der Waals surface area contributed by atoms with E-state index < -0.39 is 0 Å². The molecule has 3 rings (SSSR count). The zero-order valence-electron chi connectivity index (χ0n) is 11.5. The van der Waals surface area contributed by atoms with E-state index in [1.54, 1.807) is 0 Å². The van der Waals surface area contributed by atoms with Crippen LogP contribution in [0.2, 0.25) is 0 Å². The molecule has 0 amide bonds. The molecule has 1 aliphatic carbocycles. The largest absolute Gasteiger partial charge is 0.378 e. The van der Waals surface area contributed by atoms with Gasteiger partial charge in [-0.15, -0.1) is 0 Å². The van der Waals surface area contributed by atoms with Crippen molar-refractivity contribution in [1.29, 1.82) is 0 Å². The SMILES string of the molecule is CN(CC1COCCN1)c1ncc(C2CCC2)cn1. The van der Waals surface area contributed by atoms with Crippen LogP contribution in [0.5, 0.6) is 0 Å². The minimum atomic E-state index is 0.369. The number of rotatable bonds is 4. The van der Waals surface area contributed by atoms with Crippen LogP contribution < -0.4 is 10.2 Å². The number of hydrogen-bond acceptors (Lipinski definition) is 5. The first kappa shape index (κ1) is 12.8. The van der Waals surface area contributed by atoms with E-state index >= 15 is 0 Å². The highest BCUT2D eigenvalue weighted by molar-refractivity contribution is 5.30. The van der Waals surface area contributed by atoms with Crippen LogP contribution in [0.1, 0.15) is 30.7 Å². The molecular formula is C14H22N4O. The number of ether oxygens (including phenoxy) is 1. The molecule has 19 heavy (non-hydrogen) atoms. The fourth-order valence-corrected chi connectivity index (χ4v) is 2.63. The molecule has 5 heteroatoms. The third kappa shape index (κ3) is 3.04. The summed E-state index contributed by atoms with van der Waals surface area (Å²) in [5, 5.41) is 3.45. The van der Waals surface area contributed by atoms with E-state index in [-0.39, 0.29) is 0 Å². The van der Waals surface area contributed by atoms with Gasteiger partial charge in [-0.3, -0.25) is 0 Å². The molecule has 2 fully saturated rings. The maximum absolute atomic E-state index is 5.46. The average molecular weight is 262 g/mol. The van der Waals surface area contributed by atoms with Gasteiger partial charge in [0.2, 0.25) is 5.95 Å². The van der Waals surface area contributed by atoms with E-state index in [0.717, 1.165) is 32.3 Å². The summed E-state index contributed by atoms with van der Waals surface area (Å²) in [7, 11) is 2.04. The Morgan fingerprint density at radius 1 is 1.37 bits per heavy atom. The summed E-state index contributed by atoms with van der Waals surface area (Å²) in [4.78, 5) is 11.1. The number of aromatic nitrogens is 2. The lowest BCUT2D eigenvalue weighted by Gasteiger charge is -2.29. The first-order valence-electron chi connectivity index (χ1n) is 7.17. The number of hydrogen-bond donors (Lipinski definition) is 1. The quantitative estimate of drug-likeness (QED) is 0.882. The monoisotopic (exact) mass is 262 g/mol. The Labute approximate surface area is 114 Å². The fraction of sp³-hybridized carbons (Fsp3) is 0.714. The zero-order chi connectivity index (χ0) is 13.1. The minimum Gasteiger partial charge on any atom is -0.378 e. The molecule has 2 aliphatic rings. The van der Waals surface area contributed by atoms with Crippen molar-refractivity contribution in [2.45, 2.75) is 31.2 Å². The van der Waals surface area contributed by atoms with Crippen molar-refractivity contribution >= 4 is 5.95 Å². The lowest BCUT2D eigenvalue weighted by molar-refractivity contribution is 0.0790. The van der Waals surface area contributed by atoms with Crippen molar-refractivity contribution < 1.29 is 4.74 Å². The van der Waals surface area contributed by atoms with Crippen molar-refractivity contribution in [2.24, 2.45) is 0 Å². The summed E-state index contributed by atoms with van der Waals surface area (Å²) in [5.74, 6) is 1.50. The lowest BCUT2D eigenvalue weighted by atomic mass is 9.81. The number of nitrogens with zero attached hydrogens (tertiary/aromatic N) is 3. The molecule has 1 atom stereocenters. The van der Waals surface area contributed by atoms with Crippen molar-refractivity contribution in [3.05, 3.63) is 18.0 Å². The van der Waals surface area contributed by atoms with Gasteiger partial charge in [-0.1, -0.05) is 6.42 Å². The van der Waals surface area contributed by atoms with E-state index in [1.807, 2.05) is 19.4 Å². The Morgan fingerprint density at radius 2 is 2.16 bits per heavy atom. The van der Waals surface area contributed by atoms with Gasteiger partial charge < -0.3 is 15.0 Å². The minimum absolute atomic E-state index is 0.369. The molecule has 5 nitrogen and oxygen atoms in total.